The first-order valence-electron chi connectivity index (χ1n) is 5.52. The van der Waals surface area contributed by atoms with Crippen molar-refractivity contribution in [2.75, 3.05) is 40.0 Å². The average molecular weight is 273 g/mol. The van der Waals surface area contributed by atoms with Crippen LogP contribution in [0.5, 0.6) is 0 Å². The first-order chi connectivity index (χ1) is 8.34. The van der Waals surface area contributed by atoms with E-state index in [0.717, 1.165) is 13.0 Å². The summed E-state index contributed by atoms with van der Waals surface area (Å²) >= 11 is 0. The summed E-state index contributed by atoms with van der Waals surface area (Å²) in [5, 5.41) is 0. The number of rotatable bonds is 6. The normalized spacial score (nSPS) is 12.3. The van der Waals surface area contributed by atoms with E-state index < -0.39 is 10.0 Å². The van der Waals surface area contributed by atoms with Gasteiger partial charge in [0.1, 0.15) is 4.90 Å². The smallest absolute Gasteiger partial charge is 0.245 e. The molecule has 0 aliphatic rings. The monoisotopic (exact) mass is 273 g/mol. The van der Waals surface area contributed by atoms with Gasteiger partial charge in [-0.15, -0.1) is 0 Å². The van der Waals surface area contributed by atoms with E-state index in [-0.39, 0.29) is 10.8 Å². The summed E-state index contributed by atoms with van der Waals surface area (Å²) < 4.78 is 25.5. The van der Waals surface area contributed by atoms with Gasteiger partial charge in [-0.1, -0.05) is 0 Å². The summed E-state index contributed by atoms with van der Waals surface area (Å²) in [6.07, 6.45) is 3.21. The van der Waals surface area contributed by atoms with Gasteiger partial charge in [-0.2, -0.15) is 0 Å². The van der Waals surface area contributed by atoms with Crippen molar-refractivity contribution in [3.8, 4) is 0 Å². The van der Waals surface area contributed by atoms with Crippen molar-refractivity contribution in [3.63, 3.8) is 0 Å². The summed E-state index contributed by atoms with van der Waals surface area (Å²) in [6, 6.07) is 0. The number of nitrogens with two attached hydrogens (primary N) is 1. The van der Waals surface area contributed by atoms with Crippen LogP contribution >= 0.6 is 0 Å². The number of hydrogen-bond acceptors (Lipinski definition) is 6. The van der Waals surface area contributed by atoms with E-state index in [4.69, 9.17) is 5.73 Å². The van der Waals surface area contributed by atoms with Crippen molar-refractivity contribution in [3.05, 3.63) is 12.4 Å². The van der Waals surface area contributed by atoms with Crippen LogP contribution in [0.15, 0.2) is 17.3 Å². The van der Waals surface area contributed by atoms with Crippen LogP contribution in [-0.2, 0) is 10.0 Å². The van der Waals surface area contributed by atoms with E-state index in [9.17, 15) is 8.42 Å². The zero-order valence-corrected chi connectivity index (χ0v) is 11.7. The highest BCUT2D eigenvalue weighted by molar-refractivity contribution is 7.89. The molecule has 0 amide bonds. The molecule has 18 heavy (non-hydrogen) atoms. The fourth-order valence-electron chi connectivity index (χ4n) is 1.37. The zero-order chi connectivity index (χ0) is 13.8. The summed E-state index contributed by atoms with van der Waals surface area (Å²) in [4.78, 5) is 9.44. The molecule has 0 unspecified atom stereocenters. The minimum Gasteiger partial charge on any atom is -0.368 e. The topological polar surface area (TPSA) is 92.4 Å². The third-order valence-corrected chi connectivity index (χ3v) is 4.24. The first kappa shape index (κ1) is 14.8. The maximum Gasteiger partial charge on any atom is 0.245 e. The Kier molecular flexibility index (Phi) is 5.00. The maximum absolute atomic E-state index is 12.1. The molecule has 0 aromatic carbocycles. The molecule has 0 radical (unpaired) electrons. The van der Waals surface area contributed by atoms with E-state index in [2.05, 4.69) is 9.97 Å². The molecule has 0 atom stereocenters. The molecule has 2 N–H and O–H groups in total. The Bertz CT molecular complexity index is 472. The van der Waals surface area contributed by atoms with Crippen molar-refractivity contribution in [2.24, 2.45) is 0 Å². The summed E-state index contributed by atoms with van der Waals surface area (Å²) in [5.41, 5.74) is 5.32. The molecule has 102 valence electrons. The highest BCUT2D eigenvalue weighted by atomic mass is 32.2. The van der Waals surface area contributed by atoms with Gasteiger partial charge >= 0.3 is 0 Å². The van der Waals surface area contributed by atoms with Crippen molar-refractivity contribution in [1.29, 1.82) is 0 Å². The molecule has 8 heteroatoms. The van der Waals surface area contributed by atoms with Crippen LogP contribution in [0.25, 0.3) is 0 Å². The van der Waals surface area contributed by atoms with Gasteiger partial charge in [0.25, 0.3) is 0 Å². The molecule has 0 bridgehead atoms. The predicted molar refractivity (Wildman–Crippen MR) is 69.4 cm³/mol. The van der Waals surface area contributed by atoms with Crippen molar-refractivity contribution >= 4 is 16.0 Å². The Morgan fingerprint density at radius 1 is 1.17 bits per heavy atom. The Morgan fingerprint density at radius 2 is 1.72 bits per heavy atom. The van der Waals surface area contributed by atoms with Crippen LogP contribution < -0.4 is 5.73 Å². The highest BCUT2D eigenvalue weighted by Gasteiger charge is 2.21. The second-order valence-corrected chi connectivity index (χ2v) is 6.31. The number of aromatic nitrogens is 2. The zero-order valence-electron chi connectivity index (χ0n) is 10.9. The van der Waals surface area contributed by atoms with Crippen LogP contribution in [-0.4, -0.2) is 61.8 Å². The van der Waals surface area contributed by atoms with E-state index in [1.54, 1.807) is 7.05 Å². The fourth-order valence-corrected chi connectivity index (χ4v) is 2.47. The third kappa shape index (κ3) is 3.90. The molecule has 1 heterocycles. The van der Waals surface area contributed by atoms with E-state index in [0.29, 0.717) is 6.54 Å². The molecule has 7 nitrogen and oxygen atoms in total. The van der Waals surface area contributed by atoms with Gasteiger partial charge in [-0.25, -0.2) is 22.7 Å². The number of anilines is 1. The lowest BCUT2D eigenvalue weighted by Gasteiger charge is -2.18. The molecule has 0 spiro atoms. The lowest BCUT2D eigenvalue weighted by molar-refractivity contribution is 0.370. The Balaban J connectivity index is 2.71. The Labute approximate surface area is 108 Å². The molecule has 0 aliphatic heterocycles. The molecule has 0 aliphatic carbocycles. The van der Waals surface area contributed by atoms with Crippen LogP contribution in [0, 0.1) is 0 Å². The largest absolute Gasteiger partial charge is 0.368 e. The number of nitrogen functional groups attached to an aromatic ring is 1. The summed E-state index contributed by atoms with van der Waals surface area (Å²) in [5.74, 6) is 0.0595. The molecule has 0 fully saturated rings. The minimum atomic E-state index is -3.52. The van der Waals surface area contributed by atoms with Crippen molar-refractivity contribution in [1.82, 2.24) is 19.2 Å². The fraction of sp³-hybridized carbons (Fsp3) is 0.600. The molecule has 1 rings (SSSR count). The second-order valence-electron chi connectivity index (χ2n) is 4.26. The standard InChI is InChI=1S/C10H19N5O2S/c1-14(2)5-4-6-15(3)18(16,17)9-7-12-10(11)13-8-9/h7-8H,4-6H2,1-3H3,(H2,11,12,13). The van der Waals surface area contributed by atoms with E-state index in [1.807, 2.05) is 19.0 Å². The van der Waals surface area contributed by atoms with Gasteiger partial charge < -0.3 is 10.6 Å². The van der Waals surface area contributed by atoms with Gasteiger partial charge in [-0.3, -0.25) is 0 Å². The molecule has 1 aromatic rings. The molecule has 0 saturated carbocycles. The van der Waals surface area contributed by atoms with Crippen LogP contribution in [0.3, 0.4) is 0 Å². The summed E-state index contributed by atoms with van der Waals surface area (Å²) in [7, 11) is 1.92. The number of hydrogen-bond donors (Lipinski definition) is 1. The molecular formula is C10H19N5O2S. The van der Waals surface area contributed by atoms with Crippen LogP contribution in [0.2, 0.25) is 0 Å². The van der Waals surface area contributed by atoms with Crippen molar-refractivity contribution < 1.29 is 8.42 Å². The van der Waals surface area contributed by atoms with Crippen molar-refractivity contribution in [2.45, 2.75) is 11.3 Å². The van der Waals surface area contributed by atoms with Gasteiger partial charge in [0.2, 0.25) is 16.0 Å². The maximum atomic E-state index is 12.1. The highest BCUT2D eigenvalue weighted by Crippen LogP contribution is 2.12. The predicted octanol–water partition coefficient (Wildman–Crippen LogP) is -0.369. The average Bonchev–Trinajstić information content (AvgIpc) is 2.28. The molecule has 0 saturated heterocycles. The van der Waals surface area contributed by atoms with Gasteiger partial charge in [0.05, 0.1) is 12.4 Å². The summed E-state index contributed by atoms with van der Waals surface area (Å²) in [6.45, 7) is 1.28. The SMILES string of the molecule is CN(C)CCCN(C)S(=O)(=O)c1cnc(N)nc1. The van der Waals surface area contributed by atoms with Gasteiger partial charge in [0, 0.05) is 13.6 Å². The molecule has 1 aromatic heterocycles. The third-order valence-electron chi connectivity index (χ3n) is 2.43. The quantitative estimate of drug-likeness (QED) is 0.760. The lowest BCUT2D eigenvalue weighted by Crippen LogP contribution is -2.30. The van der Waals surface area contributed by atoms with Gasteiger partial charge in [-0.05, 0) is 27.1 Å². The minimum absolute atomic E-state index is 0.0593. The van der Waals surface area contributed by atoms with E-state index >= 15 is 0 Å². The van der Waals surface area contributed by atoms with Crippen LogP contribution in [0.4, 0.5) is 5.95 Å². The van der Waals surface area contributed by atoms with E-state index in [1.165, 1.54) is 16.7 Å². The Morgan fingerprint density at radius 3 is 2.22 bits per heavy atom. The van der Waals surface area contributed by atoms with Crippen LogP contribution in [0.1, 0.15) is 6.42 Å². The number of sulfonamides is 1. The molecular weight excluding hydrogens is 254 g/mol. The second kappa shape index (κ2) is 6.07. The van der Waals surface area contributed by atoms with Gasteiger partial charge in [0.15, 0.2) is 0 Å². The number of nitrogens with zero attached hydrogens (tertiary/aromatic N) is 4. The lowest BCUT2D eigenvalue weighted by atomic mass is 10.4. The Hall–Kier alpha value is -1.25. The first-order valence-corrected chi connectivity index (χ1v) is 6.96.